The third-order valence-electron chi connectivity index (χ3n) is 3.24. The van der Waals surface area contributed by atoms with Crippen molar-refractivity contribution in [2.24, 2.45) is 0 Å². The van der Waals surface area contributed by atoms with Crippen molar-refractivity contribution in [1.29, 1.82) is 0 Å². The smallest absolute Gasteiger partial charge is 0.790 e. The average Bonchev–Trinajstić information content (AvgIpc) is 2.86. The van der Waals surface area contributed by atoms with E-state index in [4.69, 9.17) is 4.74 Å². The topological polar surface area (TPSA) is 255 Å². The van der Waals surface area contributed by atoms with Crippen molar-refractivity contribution in [3.8, 4) is 0 Å². The molecule has 0 saturated carbocycles. The first-order valence-electron chi connectivity index (χ1n) is 7.14. The molecular formula is C9H10ILi4N2O14P3. The van der Waals surface area contributed by atoms with Crippen molar-refractivity contribution in [3.05, 3.63) is 30.6 Å². The van der Waals surface area contributed by atoms with E-state index in [0.29, 0.717) is 0 Å². The van der Waals surface area contributed by atoms with E-state index >= 15 is 0 Å². The zero-order chi connectivity index (χ0) is 22.2. The van der Waals surface area contributed by atoms with Crippen LogP contribution in [0.2, 0.25) is 0 Å². The van der Waals surface area contributed by atoms with Gasteiger partial charge in [0, 0.05) is 12.6 Å². The zero-order valence-electron chi connectivity index (χ0n) is 17.6. The summed E-state index contributed by atoms with van der Waals surface area (Å²) < 4.78 is 49.7. The van der Waals surface area contributed by atoms with Gasteiger partial charge in [-0.15, -0.1) is 0 Å². The maximum atomic E-state index is 11.8. The number of phosphoric ester groups is 1. The normalized spacial score (nSPS) is 23.5. The van der Waals surface area contributed by atoms with Crippen LogP contribution in [0, 0.1) is 3.57 Å². The molecule has 1 saturated heterocycles. The predicted octanol–water partition coefficient (Wildman–Crippen LogP) is -15.4. The fourth-order valence-electron chi connectivity index (χ4n) is 2.16. The van der Waals surface area contributed by atoms with Crippen molar-refractivity contribution in [2.75, 3.05) is 6.61 Å². The minimum atomic E-state index is -6.12. The average molecular weight is 618 g/mol. The summed E-state index contributed by atoms with van der Waals surface area (Å²) in [7, 11) is -18.0. The minimum Gasteiger partial charge on any atom is -0.790 e. The number of rotatable bonds is 8. The molecule has 5 atom stereocenters. The van der Waals surface area contributed by atoms with Gasteiger partial charge in [-0.3, -0.25) is 27.8 Å². The van der Waals surface area contributed by atoms with Crippen LogP contribution in [-0.4, -0.2) is 33.5 Å². The minimum absolute atomic E-state index is 0. The first-order chi connectivity index (χ1) is 13.1. The van der Waals surface area contributed by atoms with Crippen LogP contribution in [0.5, 0.6) is 0 Å². The molecule has 2 rings (SSSR count). The van der Waals surface area contributed by atoms with Crippen LogP contribution in [0.3, 0.4) is 0 Å². The summed E-state index contributed by atoms with van der Waals surface area (Å²) >= 11 is 1.64. The molecule has 33 heavy (non-hydrogen) atoms. The molecule has 0 aliphatic carbocycles. The number of phosphoric acid groups is 3. The standard InChI is InChI=1S/C9H14IN2O14P3.4Li/c10-4-2-12(9(15)11-8(4)14)7-1-5(13)6(24-7)3-23-28(19,20)26-29(21,22)25-27(16,17)18;;;;/h2,5-7,13H,1,3H2,(H,19,20)(H,21,22)(H,11,14,15)(H2,16,17,18);;;;/q;4*+1/p-4. The number of halogens is 1. The van der Waals surface area contributed by atoms with E-state index in [9.17, 15) is 48.0 Å². The molecule has 0 amide bonds. The molecule has 166 valence electrons. The van der Waals surface area contributed by atoms with Gasteiger partial charge in [0.15, 0.2) is 0 Å². The van der Waals surface area contributed by atoms with Gasteiger partial charge >= 0.3 is 81.1 Å². The summed E-state index contributed by atoms with van der Waals surface area (Å²) in [5, 5.41) is 9.93. The van der Waals surface area contributed by atoms with Crippen LogP contribution >= 0.6 is 46.1 Å². The second kappa shape index (κ2) is 15.5. The molecule has 1 aliphatic rings. The summed E-state index contributed by atoms with van der Waals surface area (Å²) in [4.78, 5) is 68.2. The van der Waals surface area contributed by atoms with Crippen LogP contribution in [-0.2, 0) is 31.6 Å². The number of aromatic nitrogens is 2. The van der Waals surface area contributed by atoms with Gasteiger partial charge in [-0.1, -0.05) is 0 Å². The number of hydrogen-bond donors (Lipinski definition) is 2. The third-order valence-corrected chi connectivity index (χ3v) is 7.67. The van der Waals surface area contributed by atoms with E-state index < -0.39 is 59.8 Å². The number of nitrogens with one attached hydrogen (secondary N) is 1. The molecular weight excluding hydrogens is 608 g/mol. The monoisotopic (exact) mass is 618 g/mol. The van der Waals surface area contributed by atoms with Crippen LogP contribution in [0.15, 0.2) is 15.8 Å². The molecule has 1 aliphatic heterocycles. The number of H-pyrrole nitrogens is 1. The maximum Gasteiger partial charge on any atom is 1.00 e. The molecule has 2 heterocycles. The van der Waals surface area contributed by atoms with Crippen molar-refractivity contribution in [2.45, 2.75) is 24.9 Å². The van der Waals surface area contributed by atoms with Crippen molar-refractivity contribution < 1.29 is 132 Å². The SMILES string of the molecule is O=c1[nH]c(=O)n(C2CC(O)C(COP(=O)([O-])OP(=O)([O-])OP(=O)([O-])[O-])O2)cc1I.[Li+].[Li+].[Li+].[Li+]. The fraction of sp³-hybridized carbons (Fsp3) is 0.556. The van der Waals surface area contributed by atoms with E-state index in [2.05, 4.69) is 13.1 Å². The Morgan fingerprint density at radius 1 is 1.09 bits per heavy atom. The second-order valence-corrected chi connectivity index (χ2v) is 10.8. The number of ether oxygens (including phenoxy) is 1. The number of aliphatic hydroxyl groups excluding tert-OH is 1. The Labute approximate surface area is 247 Å². The van der Waals surface area contributed by atoms with Gasteiger partial charge < -0.3 is 38.5 Å². The van der Waals surface area contributed by atoms with E-state index in [0.717, 1.165) is 10.8 Å². The van der Waals surface area contributed by atoms with Gasteiger partial charge in [0.1, 0.15) is 12.3 Å². The van der Waals surface area contributed by atoms with Gasteiger partial charge in [-0.25, -0.2) is 9.11 Å². The Hall–Kier alpha value is 2.13. The Kier molecular flexibility index (Phi) is 18.6. The summed E-state index contributed by atoms with van der Waals surface area (Å²) in [6, 6.07) is 0. The third kappa shape index (κ3) is 13.0. The predicted molar refractivity (Wildman–Crippen MR) is 89.5 cm³/mol. The molecule has 1 fully saturated rings. The number of aliphatic hydroxyl groups is 1. The largest absolute Gasteiger partial charge is 1.00 e. The van der Waals surface area contributed by atoms with Gasteiger partial charge in [-0.05, 0) is 22.6 Å². The van der Waals surface area contributed by atoms with Crippen LogP contribution in [0.1, 0.15) is 12.6 Å². The molecule has 0 bridgehead atoms. The number of nitrogens with zero attached hydrogens (tertiary/aromatic N) is 1. The Bertz CT molecular complexity index is 1030. The summed E-state index contributed by atoms with van der Waals surface area (Å²) in [5.74, 6) is 0. The zero-order valence-corrected chi connectivity index (χ0v) is 22.5. The molecule has 16 nitrogen and oxygen atoms in total. The van der Waals surface area contributed by atoms with Gasteiger partial charge in [0.2, 0.25) is 0 Å². The van der Waals surface area contributed by atoms with E-state index in [1.807, 2.05) is 4.98 Å². The van der Waals surface area contributed by atoms with Crippen molar-refractivity contribution in [3.63, 3.8) is 0 Å². The Balaban J connectivity index is -0.00000225. The van der Waals surface area contributed by atoms with Crippen LogP contribution in [0.25, 0.3) is 0 Å². The van der Waals surface area contributed by atoms with Gasteiger partial charge in [0.05, 0.1) is 24.1 Å². The van der Waals surface area contributed by atoms with Crippen LogP contribution in [0.4, 0.5) is 0 Å². The van der Waals surface area contributed by atoms with E-state index in [1.54, 1.807) is 22.6 Å². The van der Waals surface area contributed by atoms with E-state index in [-0.39, 0.29) is 85.4 Å². The molecule has 24 heteroatoms. The molecule has 5 unspecified atom stereocenters. The van der Waals surface area contributed by atoms with E-state index in [1.165, 1.54) is 0 Å². The Morgan fingerprint density at radius 3 is 2.15 bits per heavy atom. The number of aromatic amines is 1. The molecule has 0 radical (unpaired) electrons. The molecule has 0 aromatic carbocycles. The molecule has 0 spiro atoms. The quantitative estimate of drug-likeness (QED) is 0.156. The molecule has 1 aromatic heterocycles. The fourth-order valence-corrected chi connectivity index (χ4v) is 5.46. The summed E-state index contributed by atoms with van der Waals surface area (Å²) in [6.45, 7) is -1.000. The first kappa shape index (κ1) is 39.6. The maximum absolute atomic E-state index is 11.8. The second-order valence-electron chi connectivity index (χ2n) is 5.38. The first-order valence-corrected chi connectivity index (χ1v) is 12.6. The van der Waals surface area contributed by atoms with Crippen LogP contribution < -0.4 is 106 Å². The van der Waals surface area contributed by atoms with Gasteiger partial charge in [0.25, 0.3) is 21.2 Å². The summed E-state index contributed by atoms with van der Waals surface area (Å²) in [6.07, 6.45) is -2.98. The molecule has 1 aromatic rings. The van der Waals surface area contributed by atoms with Gasteiger partial charge in [-0.2, -0.15) is 0 Å². The van der Waals surface area contributed by atoms with Crippen molar-refractivity contribution >= 4 is 46.1 Å². The number of hydrogen-bond acceptors (Lipinski definition) is 14. The van der Waals surface area contributed by atoms with Crippen molar-refractivity contribution in [1.82, 2.24) is 9.55 Å². The summed E-state index contributed by atoms with van der Waals surface area (Å²) in [5.41, 5.74) is -1.52. The molecule has 2 N–H and O–H groups in total. The Morgan fingerprint density at radius 2 is 1.64 bits per heavy atom.